The molecule has 1 aromatic rings. The van der Waals surface area contributed by atoms with Crippen molar-refractivity contribution >= 4 is 21.7 Å². The molecule has 0 fully saturated rings. The Morgan fingerprint density at radius 3 is 2.86 bits per heavy atom. The van der Waals surface area contributed by atoms with Gasteiger partial charge >= 0.3 is 0 Å². The van der Waals surface area contributed by atoms with E-state index in [9.17, 15) is 9.18 Å². The van der Waals surface area contributed by atoms with Crippen LogP contribution in [0.15, 0.2) is 22.7 Å². The predicted molar refractivity (Wildman–Crippen MR) is 56.5 cm³/mol. The molecule has 0 aromatic heterocycles. The second-order valence-electron chi connectivity index (χ2n) is 3.17. The van der Waals surface area contributed by atoms with E-state index in [0.29, 0.717) is 5.56 Å². The van der Waals surface area contributed by atoms with Gasteiger partial charge in [0, 0.05) is 10.9 Å². The van der Waals surface area contributed by atoms with Gasteiger partial charge in [-0.1, -0.05) is 15.9 Å². The predicted octanol–water partition coefficient (Wildman–Crippen LogP) is 2.05. The molecule has 0 aliphatic rings. The van der Waals surface area contributed by atoms with Gasteiger partial charge in [0.15, 0.2) is 5.78 Å². The number of ketones is 1. The van der Waals surface area contributed by atoms with Crippen molar-refractivity contribution in [2.24, 2.45) is 5.73 Å². The number of hydrogen-bond acceptors (Lipinski definition) is 2. The maximum absolute atomic E-state index is 13.2. The number of benzene rings is 1. The van der Waals surface area contributed by atoms with Crippen LogP contribution in [0.25, 0.3) is 0 Å². The topological polar surface area (TPSA) is 43.1 Å². The van der Waals surface area contributed by atoms with Crippen molar-refractivity contribution in [3.63, 3.8) is 0 Å². The minimum atomic E-state index is -0.548. The van der Waals surface area contributed by atoms with Crippen LogP contribution in [-0.4, -0.2) is 11.8 Å². The molecule has 0 radical (unpaired) electrons. The van der Waals surface area contributed by atoms with Crippen molar-refractivity contribution in [1.82, 2.24) is 0 Å². The summed E-state index contributed by atoms with van der Waals surface area (Å²) in [4.78, 5) is 11.3. The molecular weight excluding hydrogens is 249 g/mol. The van der Waals surface area contributed by atoms with Gasteiger partial charge in [-0.25, -0.2) is 4.39 Å². The van der Waals surface area contributed by atoms with Crippen molar-refractivity contribution < 1.29 is 9.18 Å². The SMILES string of the molecule is CC(N)C(=O)Cc1cc(Br)ccc1F. The fraction of sp³-hybridized carbons (Fsp3) is 0.300. The van der Waals surface area contributed by atoms with Crippen LogP contribution in [-0.2, 0) is 11.2 Å². The average Bonchev–Trinajstić information content (AvgIpc) is 2.11. The van der Waals surface area contributed by atoms with Crippen LogP contribution >= 0.6 is 15.9 Å². The number of carbonyl (C=O) groups is 1. The van der Waals surface area contributed by atoms with E-state index in [-0.39, 0.29) is 18.0 Å². The van der Waals surface area contributed by atoms with Gasteiger partial charge < -0.3 is 5.73 Å². The summed E-state index contributed by atoms with van der Waals surface area (Å²) in [6.07, 6.45) is 0.0446. The van der Waals surface area contributed by atoms with Crippen molar-refractivity contribution in [1.29, 1.82) is 0 Å². The van der Waals surface area contributed by atoms with Crippen molar-refractivity contribution in [3.8, 4) is 0 Å². The molecule has 1 unspecified atom stereocenters. The lowest BCUT2D eigenvalue weighted by atomic mass is 10.1. The highest BCUT2D eigenvalue weighted by Gasteiger charge is 2.11. The zero-order chi connectivity index (χ0) is 10.7. The Kier molecular flexibility index (Phi) is 3.77. The fourth-order valence-corrected chi connectivity index (χ4v) is 1.44. The van der Waals surface area contributed by atoms with Crippen LogP contribution in [0.4, 0.5) is 4.39 Å². The number of hydrogen-bond donors (Lipinski definition) is 1. The van der Waals surface area contributed by atoms with Gasteiger partial charge in [0.25, 0.3) is 0 Å². The average molecular weight is 260 g/mol. The molecule has 0 spiro atoms. The second kappa shape index (κ2) is 4.66. The minimum Gasteiger partial charge on any atom is -0.322 e. The molecule has 1 aromatic carbocycles. The molecule has 2 nitrogen and oxygen atoms in total. The zero-order valence-electron chi connectivity index (χ0n) is 7.76. The van der Waals surface area contributed by atoms with Crippen LogP contribution in [0.5, 0.6) is 0 Å². The first kappa shape index (κ1) is 11.3. The third-order valence-electron chi connectivity index (χ3n) is 1.88. The maximum Gasteiger partial charge on any atom is 0.153 e. The Hall–Kier alpha value is -0.740. The fourth-order valence-electron chi connectivity index (χ4n) is 1.03. The first-order chi connectivity index (χ1) is 6.50. The van der Waals surface area contributed by atoms with E-state index >= 15 is 0 Å². The lowest BCUT2D eigenvalue weighted by molar-refractivity contribution is -0.119. The number of carbonyl (C=O) groups excluding carboxylic acids is 1. The Balaban J connectivity index is 2.86. The molecule has 0 aliphatic heterocycles. The Morgan fingerprint density at radius 1 is 1.64 bits per heavy atom. The van der Waals surface area contributed by atoms with Crippen LogP contribution in [0, 0.1) is 5.82 Å². The summed E-state index contributed by atoms with van der Waals surface area (Å²) in [5.41, 5.74) is 5.76. The first-order valence-electron chi connectivity index (χ1n) is 4.23. The molecule has 1 atom stereocenters. The van der Waals surface area contributed by atoms with Gasteiger partial charge in [-0.3, -0.25) is 4.79 Å². The van der Waals surface area contributed by atoms with E-state index in [1.807, 2.05) is 0 Å². The lowest BCUT2D eigenvalue weighted by Crippen LogP contribution is -2.28. The summed E-state index contributed by atoms with van der Waals surface area (Å²) >= 11 is 3.21. The van der Waals surface area contributed by atoms with Crippen LogP contribution in [0.2, 0.25) is 0 Å². The maximum atomic E-state index is 13.2. The van der Waals surface area contributed by atoms with Gasteiger partial charge in [-0.2, -0.15) is 0 Å². The summed E-state index contributed by atoms with van der Waals surface area (Å²) < 4.78 is 13.9. The second-order valence-corrected chi connectivity index (χ2v) is 4.08. The van der Waals surface area contributed by atoms with Crippen molar-refractivity contribution in [2.75, 3.05) is 0 Å². The third-order valence-corrected chi connectivity index (χ3v) is 2.37. The minimum absolute atomic E-state index is 0.0446. The van der Waals surface area contributed by atoms with Crippen molar-refractivity contribution in [3.05, 3.63) is 34.1 Å². The van der Waals surface area contributed by atoms with Gasteiger partial charge in [0.2, 0.25) is 0 Å². The van der Waals surface area contributed by atoms with Crippen LogP contribution < -0.4 is 5.73 Å². The molecule has 76 valence electrons. The molecule has 0 aliphatic carbocycles. The van der Waals surface area contributed by atoms with Crippen LogP contribution in [0.1, 0.15) is 12.5 Å². The monoisotopic (exact) mass is 259 g/mol. The number of nitrogens with two attached hydrogens (primary N) is 1. The van der Waals surface area contributed by atoms with Gasteiger partial charge in [0.05, 0.1) is 6.04 Å². The highest BCUT2D eigenvalue weighted by Crippen LogP contribution is 2.16. The molecular formula is C10H11BrFNO. The Bertz CT molecular complexity index is 352. The first-order valence-corrected chi connectivity index (χ1v) is 5.02. The molecule has 0 bridgehead atoms. The van der Waals surface area contributed by atoms with Crippen LogP contribution in [0.3, 0.4) is 0 Å². The van der Waals surface area contributed by atoms with E-state index in [0.717, 1.165) is 4.47 Å². The largest absolute Gasteiger partial charge is 0.322 e. The highest BCUT2D eigenvalue weighted by atomic mass is 79.9. The molecule has 0 saturated heterocycles. The normalized spacial score (nSPS) is 12.6. The smallest absolute Gasteiger partial charge is 0.153 e. The zero-order valence-corrected chi connectivity index (χ0v) is 9.34. The standard InChI is InChI=1S/C10H11BrFNO/c1-6(13)10(14)5-7-4-8(11)2-3-9(7)12/h2-4,6H,5,13H2,1H3. The van der Waals surface area contributed by atoms with E-state index < -0.39 is 6.04 Å². The number of rotatable bonds is 3. The van der Waals surface area contributed by atoms with E-state index in [1.54, 1.807) is 19.1 Å². The quantitative estimate of drug-likeness (QED) is 0.903. The van der Waals surface area contributed by atoms with Gasteiger partial charge in [-0.15, -0.1) is 0 Å². The van der Waals surface area contributed by atoms with E-state index in [4.69, 9.17) is 5.73 Å². The molecule has 2 N–H and O–H groups in total. The Morgan fingerprint density at radius 2 is 2.29 bits per heavy atom. The summed E-state index contributed by atoms with van der Waals surface area (Å²) in [6.45, 7) is 1.60. The summed E-state index contributed by atoms with van der Waals surface area (Å²) in [5, 5.41) is 0. The highest BCUT2D eigenvalue weighted by molar-refractivity contribution is 9.10. The molecule has 14 heavy (non-hydrogen) atoms. The van der Waals surface area contributed by atoms with Gasteiger partial charge in [-0.05, 0) is 30.7 Å². The Labute approximate surface area is 90.4 Å². The molecule has 0 heterocycles. The summed E-state index contributed by atoms with van der Waals surface area (Å²) in [6, 6.07) is 3.96. The molecule has 0 amide bonds. The lowest BCUT2D eigenvalue weighted by Gasteiger charge is -2.05. The third kappa shape index (κ3) is 2.89. The summed E-state index contributed by atoms with van der Waals surface area (Å²) in [5.74, 6) is -0.538. The number of Topliss-reactive ketones (excluding diaryl/α,β-unsaturated/α-hetero) is 1. The molecule has 1 rings (SSSR count). The van der Waals surface area contributed by atoms with E-state index in [2.05, 4.69) is 15.9 Å². The van der Waals surface area contributed by atoms with Gasteiger partial charge in [0.1, 0.15) is 5.82 Å². The molecule has 4 heteroatoms. The van der Waals surface area contributed by atoms with E-state index in [1.165, 1.54) is 6.07 Å². The summed E-state index contributed by atoms with van der Waals surface area (Å²) in [7, 11) is 0. The van der Waals surface area contributed by atoms with Crippen molar-refractivity contribution in [2.45, 2.75) is 19.4 Å². The molecule has 0 saturated carbocycles. The number of halogens is 2.